The highest BCUT2D eigenvalue weighted by Crippen LogP contribution is 2.15. The van der Waals surface area contributed by atoms with Gasteiger partial charge in [-0.15, -0.1) is 10.2 Å². The standard InChI is InChI=1S/C12H22N4O/c1-10-14-15-12(8-11-4-5-13-9-11)16(10)6-3-7-17-2/h11,13H,3-9H2,1-2H3. The quantitative estimate of drug-likeness (QED) is 0.744. The van der Waals surface area contributed by atoms with Crippen molar-refractivity contribution in [1.29, 1.82) is 0 Å². The Bertz CT molecular complexity index is 344. The number of rotatable bonds is 6. The van der Waals surface area contributed by atoms with E-state index >= 15 is 0 Å². The van der Waals surface area contributed by atoms with Crippen LogP contribution in [-0.2, 0) is 17.7 Å². The highest BCUT2D eigenvalue weighted by molar-refractivity contribution is 4.96. The lowest BCUT2D eigenvalue weighted by atomic mass is 10.0. The molecule has 0 aromatic carbocycles. The smallest absolute Gasteiger partial charge is 0.133 e. The van der Waals surface area contributed by atoms with E-state index in [4.69, 9.17) is 4.74 Å². The lowest BCUT2D eigenvalue weighted by molar-refractivity contribution is 0.189. The minimum Gasteiger partial charge on any atom is -0.385 e. The van der Waals surface area contributed by atoms with Gasteiger partial charge in [-0.25, -0.2) is 0 Å². The van der Waals surface area contributed by atoms with Crippen LogP contribution in [0, 0.1) is 12.8 Å². The van der Waals surface area contributed by atoms with Gasteiger partial charge in [0.1, 0.15) is 11.6 Å². The predicted octanol–water partition coefficient (Wildman–Crippen LogP) is 0.775. The number of methoxy groups -OCH3 is 1. The minimum atomic E-state index is 0.722. The van der Waals surface area contributed by atoms with Crippen molar-refractivity contribution in [1.82, 2.24) is 20.1 Å². The summed E-state index contributed by atoms with van der Waals surface area (Å²) in [7, 11) is 1.74. The second-order valence-electron chi connectivity index (χ2n) is 4.72. The molecule has 0 amide bonds. The molecule has 5 heteroatoms. The minimum absolute atomic E-state index is 0.722. The van der Waals surface area contributed by atoms with Crippen LogP contribution in [0.4, 0.5) is 0 Å². The summed E-state index contributed by atoms with van der Waals surface area (Å²) in [4.78, 5) is 0. The summed E-state index contributed by atoms with van der Waals surface area (Å²) in [6.07, 6.45) is 3.32. The third-order valence-electron chi connectivity index (χ3n) is 3.38. The van der Waals surface area contributed by atoms with Crippen LogP contribution in [0.15, 0.2) is 0 Å². The summed E-state index contributed by atoms with van der Waals surface area (Å²) in [5.41, 5.74) is 0. The second-order valence-corrected chi connectivity index (χ2v) is 4.72. The maximum atomic E-state index is 5.09. The van der Waals surface area contributed by atoms with Gasteiger partial charge in [-0.2, -0.15) is 0 Å². The van der Waals surface area contributed by atoms with Crippen LogP contribution < -0.4 is 5.32 Å². The van der Waals surface area contributed by atoms with Crippen molar-refractivity contribution >= 4 is 0 Å². The van der Waals surface area contributed by atoms with Crippen LogP contribution in [0.3, 0.4) is 0 Å². The summed E-state index contributed by atoms with van der Waals surface area (Å²) >= 11 is 0. The number of hydrogen-bond acceptors (Lipinski definition) is 4. The van der Waals surface area contributed by atoms with Crippen molar-refractivity contribution in [2.45, 2.75) is 32.7 Å². The van der Waals surface area contributed by atoms with E-state index in [1.165, 1.54) is 6.42 Å². The van der Waals surface area contributed by atoms with Crippen LogP contribution in [0.25, 0.3) is 0 Å². The molecule has 0 saturated carbocycles. The molecule has 96 valence electrons. The SMILES string of the molecule is COCCCn1c(C)nnc1CC1CCNC1. The largest absolute Gasteiger partial charge is 0.385 e. The van der Waals surface area contributed by atoms with Crippen molar-refractivity contribution in [3.63, 3.8) is 0 Å². The molecule has 1 atom stereocenters. The molecule has 0 spiro atoms. The highest BCUT2D eigenvalue weighted by Gasteiger charge is 2.18. The lowest BCUT2D eigenvalue weighted by Crippen LogP contribution is -2.15. The summed E-state index contributed by atoms with van der Waals surface area (Å²) in [5.74, 6) is 2.87. The number of nitrogens with zero attached hydrogens (tertiary/aromatic N) is 3. The van der Waals surface area contributed by atoms with Gasteiger partial charge in [0.15, 0.2) is 0 Å². The van der Waals surface area contributed by atoms with Gasteiger partial charge in [-0.05, 0) is 38.8 Å². The van der Waals surface area contributed by atoms with Crippen LogP contribution in [0.2, 0.25) is 0 Å². The zero-order valence-electron chi connectivity index (χ0n) is 10.8. The fraction of sp³-hybridized carbons (Fsp3) is 0.833. The van der Waals surface area contributed by atoms with Crippen LogP contribution in [0.5, 0.6) is 0 Å². The van der Waals surface area contributed by atoms with E-state index in [0.717, 1.165) is 56.6 Å². The van der Waals surface area contributed by atoms with Crippen LogP contribution in [-0.4, -0.2) is 41.6 Å². The molecule has 1 aliphatic heterocycles. The van der Waals surface area contributed by atoms with E-state index in [0.29, 0.717) is 0 Å². The Hall–Kier alpha value is -0.940. The van der Waals surface area contributed by atoms with E-state index in [-0.39, 0.29) is 0 Å². The molecule has 0 bridgehead atoms. The molecule has 0 radical (unpaired) electrons. The summed E-state index contributed by atoms with van der Waals surface area (Å²) in [6.45, 7) is 6.03. The summed E-state index contributed by atoms with van der Waals surface area (Å²) < 4.78 is 7.32. The van der Waals surface area contributed by atoms with Crippen LogP contribution >= 0.6 is 0 Å². The van der Waals surface area contributed by atoms with Crippen molar-refractivity contribution in [3.05, 3.63) is 11.6 Å². The van der Waals surface area contributed by atoms with Gasteiger partial charge in [0, 0.05) is 26.7 Å². The predicted molar refractivity (Wildman–Crippen MR) is 65.9 cm³/mol. The number of hydrogen-bond donors (Lipinski definition) is 1. The normalized spacial score (nSPS) is 20.0. The first-order valence-electron chi connectivity index (χ1n) is 6.39. The molecule has 2 heterocycles. The molecule has 1 aromatic heterocycles. The maximum Gasteiger partial charge on any atom is 0.133 e. The van der Waals surface area contributed by atoms with Crippen molar-refractivity contribution < 1.29 is 4.74 Å². The third kappa shape index (κ3) is 3.26. The molecular weight excluding hydrogens is 216 g/mol. The molecule has 1 fully saturated rings. The molecule has 17 heavy (non-hydrogen) atoms. The first-order valence-corrected chi connectivity index (χ1v) is 6.39. The molecule has 1 unspecified atom stereocenters. The Balaban J connectivity index is 1.95. The van der Waals surface area contributed by atoms with E-state index in [1.807, 2.05) is 6.92 Å². The Morgan fingerprint density at radius 2 is 2.35 bits per heavy atom. The molecule has 5 nitrogen and oxygen atoms in total. The molecule has 1 saturated heterocycles. The van der Waals surface area contributed by atoms with Gasteiger partial charge >= 0.3 is 0 Å². The highest BCUT2D eigenvalue weighted by atomic mass is 16.5. The fourth-order valence-corrected chi connectivity index (χ4v) is 2.38. The van der Waals surface area contributed by atoms with Gasteiger partial charge in [-0.1, -0.05) is 0 Å². The third-order valence-corrected chi connectivity index (χ3v) is 3.38. The number of ether oxygens (including phenoxy) is 1. The summed E-state index contributed by atoms with van der Waals surface area (Å²) in [5, 5.41) is 11.9. The van der Waals surface area contributed by atoms with Crippen molar-refractivity contribution in [3.8, 4) is 0 Å². The monoisotopic (exact) mass is 238 g/mol. The van der Waals surface area contributed by atoms with Gasteiger partial charge in [0.25, 0.3) is 0 Å². The summed E-state index contributed by atoms with van der Waals surface area (Å²) in [6, 6.07) is 0. The number of nitrogens with one attached hydrogen (secondary N) is 1. The first kappa shape index (κ1) is 12.5. The average Bonchev–Trinajstić information content (AvgIpc) is 2.93. The molecular formula is C12H22N4O. The number of aryl methyl sites for hydroxylation is 1. The molecule has 2 rings (SSSR count). The van der Waals surface area contributed by atoms with Gasteiger partial charge < -0.3 is 14.6 Å². The Labute approximate surface area is 103 Å². The molecule has 0 aliphatic carbocycles. The van der Waals surface area contributed by atoms with E-state index in [1.54, 1.807) is 7.11 Å². The van der Waals surface area contributed by atoms with E-state index < -0.39 is 0 Å². The maximum absolute atomic E-state index is 5.09. The van der Waals surface area contributed by atoms with Crippen molar-refractivity contribution in [2.24, 2.45) is 5.92 Å². The topological polar surface area (TPSA) is 52.0 Å². The molecule has 1 aliphatic rings. The second kappa shape index (κ2) is 6.12. The molecule has 1 aromatic rings. The van der Waals surface area contributed by atoms with Crippen LogP contribution in [0.1, 0.15) is 24.5 Å². The van der Waals surface area contributed by atoms with Gasteiger partial charge in [-0.3, -0.25) is 0 Å². The lowest BCUT2D eigenvalue weighted by Gasteiger charge is -2.11. The Morgan fingerprint density at radius 3 is 3.06 bits per heavy atom. The Kier molecular flexibility index (Phi) is 4.50. The Morgan fingerprint density at radius 1 is 1.47 bits per heavy atom. The van der Waals surface area contributed by atoms with Gasteiger partial charge in [0.2, 0.25) is 0 Å². The zero-order valence-corrected chi connectivity index (χ0v) is 10.8. The molecule has 1 N–H and O–H groups in total. The van der Waals surface area contributed by atoms with E-state index in [9.17, 15) is 0 Å². The van der Waals surface area contributed by atoms with Crippen molar-refractivity contribution in [2.75, 3.05) is 26.8 Å². The zero-order chi connectivity index (χ0) is 12.1. The fourth-order valence-electron chi connectivity index (χ4n) is 2.38. The van der Waals surface area contributed by atoms with E-state index in [2.05, 4.69) is 20.1 Å². The van der Waals surface area contributed by atoms with Gasteiger partial charge in [0.05, 0.1) is 0 Å². The average molecular weight is 238 g/mol. The number of aromatic nitrogens is 3. The first-order chi connectivity index (χ1) is 8.31.